The van der Waals surface area contributed by atoms with E-state index < -0.39 is 0 Å². The molecule has 3 N–H and O–H groups in total. The van der Waals surface area contributed by atoms with Gasteiger partial charge in [-0.2, -0.15) is 5.10 Å². The Morgan fingerprint density at radius 2 is 1.74 bits per heavy atom. The molecular weight excluding hydrogens is 362 g/mol. The van der Waals surface area contributed by atoms with Gasteiger partial charge in [0.15, 0.2) is 0 Å². The molecule has 0 spiro atoms. The van der Waals surface area contributed by atoms with E-state index in [-0.39, 0.29) is 5.91 Å². The van der Waals surface area contributed by atoms with Gasteiger partial charge in [0.05, 0.1) is 11.8 Å². The highest BCUT2D eigenvalue weighted by Gasteiger charge is 2.07. The van der Waals surface area contributed by atoms with Gasteiger partial charge in [-0.3, -0.25) is 4.79 Å². The first-order chi connectivity index (χ1) is 13.1. The molecule has 6 heteroatoms. The number of anilines is 1. The summed E-state index contributed by atoms with van der Waals surface area (Å²) >= 11 is 5.89. The van der Waals surface area contributed by atoms with Crippen molar-refractivity contribution in [1.29, 1.82) is 0 Å². The van der Waals surface area contributed by atoms with Crippen LogP contribution in [-0.2, 0) is 6.61 Å². The SMILES string of the molecule is Nc1ccccc1C(=O)N/N=C/c1ccccc1OCc1ccc(Cl)cc1. The number of amides is 1. The quantitative estimate of drug-likeness (QED) is 0.381. The van der Waals surface area contributed by atoms with Crippen LogP contribution in [0.1, 0.15) is 21.5 Å². The summed E-state index contributed by atoms with van der Waals surface area (Å²) in [4.78, 5) is 12.1. The molecule has 0 saturated heterocycles. The smallest absolute Gasteiger partial charge is 0.273 e. The Morgan fingerprint density at radius 3 is 2.52 bits per heavy atom. The Bertz CT molecular complexity index is 956. The molecule has 1 amide bonds. The van der Waals surface area contributed by atoms with E-state index in [2.05, 4.69) is 10.5 Å². The van der Waals surface area contributed by atoms with Gasteiger partial charge in [0, 0.05) is 16.3 Å². The second-order valence-electron chi connectivity index (χ2n) is 5.74. The van der Waals surface area contributed by atoms with Crippen molar-refractivity contribution in [3.8, 4) is 5.75 Å². The number of rotatable bonds is 6. The topological polar surface area (TPSA) is 76.7 Å². The Morgan fingerprint density at radius 1 is 1.04 bits per heavy atom. The fourth-order valence-electron chi connectivity index (χ4n) is 2.38. The molecule has 3 aromatic rings. The first-order valence-electron chi connectivity index (χ1n) is 8.27. The molecule has 0 heterocycles. The van der Waals surface area contributed by atoms with Gasteiger partial charge in [0.1, 0.15) is 12.4 Å². The van der Waals surface area contributed by atoms with E-state index >= 15 is 0 Å². The zero-order chi connectivity index (χ0) is 19.1. The summed E-state index contributed by atoms with van der Waals surface area (Å²) in [7, 11) is 0. The normalized spacial score (nSPS) is 10.7. The van der Waals surface area contributed by atoms with Crippen LogP contribution in [0, 0.1) is 0 Å². The van der Waals surface area contributed by atoms with Crippen molar-refractivity contribution >= 4 is 29.4 Å². The molecule has 0 saturated carbocycles. The van der Waals surface area contributed by atoms with Crippen LogP contribution in [0.2, 0.25) is 5.02 Å². The zero-order valence-electron chi connectivity index (χ0n) is 14.4. The maximum absolute atomic E-state index is 12.1. The number of ether oxygens (including phenoxy) is 1. The molecule has 0 fully saturated rings. The van der Waals surface area contributed by atoms with Gasteiger partial charge >= 0.3 is 0 Å². The number of benzene rings is 3. The second kappa shape index (κ2) is 8.87. The van der Waals surface area contributed by atoms with E-state index in [0.717, 1.165) is 11.1 Å². The number of nitrogens with zero attached hydrogens (tertiary/aromatic N) is 1. The zero-order valence-corrected chi connectivity index (χ0v) is 15.2. The molecule has 3 aromatic carbocycles. The van der Waals surface area contributed by atoms with E-state index in [1.54, 1.807) is 24.3 Å². The molecule has 0 aliphatic rings. The third-order valence-corrected chi connectivity index (χ3v) is 4.05. The van der Waals surface area contributed by atoms with E-state index in [1.807, 2.05) is 48.5 Å². The predicted molar refractivity (Wildman–Crippen MR) is 108 cm³/mol. The van der Waals surface area contributed by atoms with Crippen LogP contribution in [-0.4, -0.2) is 12.1 Å². The molecule has 0 aliphatic carbocycles. The maximum atomic E-state index is 12.1. The van der Waals surface area contributed by atoms with E-state index in [1.165, 1.54) is 6.21 Å². The second-order valence-corrected chi connectivity index (χ2v) is 6.18. The number of carbonyl (C=O) groups is 1. The number of hydrogen-bond acceptors (Lipinski definition) is 4. The summed E-state index contributed by atoms with van der Waals surface area (Å²) < 4.78 is 5.86. The molecule has 136 valence electrons. The largest absolute Gasteiger partial charge is 0.488 e. The minimum Gasteiger partial charge on any atom is -0.488 e. The molecular formula is C21H18ClN3O2. The number of nitrogens with one attached hydrogen (secondary N) is 1. The first kappa shape index (κ1) is 18.5. The first-order valence-corrected chi connectivity index (χ1v) is 8.65. The van der Waals surface area contributed by atoms with Gasteiger partial charge in [-0.1, -0.05) is 48.0 Å². The molecule has 0 aliphatic heterocycles. The van der Waals surface area contributed by atoms with Crippen LogP contribution < -0.4 is 15.9 Å². The molecule has 5 nitrogen and oxygen atoms in total. The number of hydrazone groups is 1. The fraction of sp³-hybridized carbons (Fsp3) is 0.0476. The Balaban J connectivity index is 1.65. The minimum atomic E-state index is -0.371. The van der Waals surface area contributed by atoms with Gasteiger partial charge < -0.3 is 10.5 Å². The summed E-state index contributed by atoms with van der Waals surface area (Å²) in [5.41, 5.74) is 10.8. The van der Waals surface area contributed by atoms with Crippen LogP contribution in [0.4, 0.5) is 5.69 Å². The highest BCUT2D eigenvalue weighted by atomic mass is 35.5. The third-order valence-electron chi connectivity index (χ3n) is 3.80. The van der Waals surface area contributed by atoms with Crippen molar-refractivity contribution < 1.29 is 9.53 Å². The lowest BCUT2D eigenvalue weighted by Gasteiger charge is -2.09. The number of hydrogen-bond donors (Lipinski definition) is 2. The summed E-state index contributed by atoms with van der Waals surface area (Å²) in [6.45, 7) is 0.398. The van der Waals surface area contributed by atoms with Crippen LogP contribution in [0.25, 0.3) is 0 Å². The maximum Gasteiger partial charge on any atom is 0.273 e. The Labute approximate surface area is 162 Å². The highest BCUT2D eigenvalue weighted by Crippen LogP contribution is 2.18. The summed E-state index contributed by atoms with van der Waals surface area (Å²) in [5, 5.41) is 4.69. The van der Waals surface area contributed by atoms with Crippen molar-refractivity contribution in [3.63, 3.8) is 0 Å². The molecule has 0 radical (unpaired) electrons. The number of para-hydroxylation sites is 2. The fourth-order valence-corrected chi connectivity index (χ4v) is 2.51. The summed E-state index contributed by atoms with van der Waals surface area (Å²) in [6.07, 6.45) is 1.54. The van der Waals surface area contributed by atoms with Gasteiger partial charge in [0.25, 0.3) is 5.91 Å². The van der Waals surface area contributed by atoms with Gasteiger partial charge in [-0.05, 0) is 42.0 Å². The molecule has 0 bridgehead atoms. The average Bonchev–Trinajstić information content (AvgIpc) is 2.68. The Hall–Kier alpha value is -3.31. The monoisotopic (exact) mass is 379 g/mol. The lowest BCUT2D eigenvalue weighted by molar-refractivity contribution is 0.0956. The summed E-state index contributed by atoms with van der Waals surface area (Å²) in [6, 6.07) is 21.7. The molecule has 0 aromatic heterocycles. The molecule has 27 heavy (non-hydrogen) atoms. The molecule has 3 rings (SSSR count). The number of nitrogens with two attached hydrogens (primary N) is 1. The van der Waals surface area contributed by atoms with Crippen molar-refractivity contribution in [2.45, 2.75) is 6.61 Å². The van der Waals surface area contributed by atoms with E-state index in [9.17, 15) is 4.79 Å². The van der Waals surface area contributed by atoms with Crippen molar-refractivity contribution in [2.75, 3.05) is 5.73 Å². The van der Waals surface area contributed by atoms with Gasteiger partial charge in [-0.15, -0.1) is 0 Å². The summed E-state index contributed by atoms with van der Waals surface area (Å²) in [5.74, 6) is 0.286. The average molecular weight is 380 g/mol. The van der Waals surface area contributed by atoms with Crippen molar-refractivity contribution in [3.05, 3.63) is 94.5 Å². The van der Waals surface area contributed by atoms with Crippen LogP contribution in [0.15, 0.2) is 77.9 Å². The Kier molecular flexibility index (Phi) is 6.07. The lowest BCUT2D eigenvalue weighted by atomic mass is 10.2. The van der Waals surface area contributed by atoms with Gasteiger partial charge in [-0.25, -0.2) is 5.43 Å². The predicted octanol–water partition coefficient (Wildman–Crippen LogP) is 4.27. The number of nitrogen functional groups attached to an aromatic ring is 1. The lowest BCUT2D eigenvalue weighted by Crippen LogP contribution is -2.19. The number of carbonyl (C=O) groups excluding carboxylic acids is 1. The van der Waals surface area contributed by atoms with Crippen molar-refractivity contribution in [2.24, 2.45) is 5.10 Å². The highest BCUT2D eigenvalue weighted by molar-refractivity contribution is 6.30. The van der Waals surface area contributed by atoms with Gasteiger partial charge in [0.2, 0.25) is 0 Å². The minimum absolute atomic E-state index is 0.371. The van der Waals surface area contributed by atoms with Crippen molar-refractivity contribution in [1.82, 2.24) is 5.43 Å². The van der Waals surface area contributed by atoms with E-state index in [4.69, 9.17) is 22.1 Å². The third kappa shape index (κ3) is 5.09. The number of halogens is 1. The standard InChI is InChI=1S/C21H18ClN3O2/c22-17-11-9-15(10-12-17)14-27-20-8-4-1-5-16(20)13-24-25-21(26)18-6-2-3-7-19(18)23/h1-13H,14,23H2,(H,25,26)/b24-13+. The molecule has 0 atom stereocenters. The van der Waals surface area contributed by atoms with E-state index in [0.29, 0.717) is 28.6 Å². The van der Waals surface area contributed by atoms with Crippen LogP contribution in [0.3, 0.4) is 0 Å². The van der Waals surface area contributed by atoms with Crippen LogP contribution in [0.5, 0.6) is 5.75 Å². The van der Waals surface area contributed by atoms with Crippen LogP contribution >= 0.6 is 11.6 Å². The molecule has 0 unspecified atom stereocenters.